The summed E-state index contributed by atoms with van der Waals surface area (Å²) in [5.41, 5.74) is 8.96. The van der Waals surface area contributed by atoms with Gasteiger partial charge in [0.05, 0.1) is 4.90 Å². The fourth-order valence-corrected chi connectivity index (χ4v) is 5.83. The van der Waals surface area contributed by atoms with Crippen LogP contribution in [0.1, 0.15) is 49.8 Å². The van der Waals surface area contributed by atoms with E-state index < -0.39 is 10.0 Å². The molecule has 5 heteroatoms. The average Bonchev–Trinajstić information content (AvgIpc) is 2.36. The van der Waals surface area contributed by atoms with Crippen LogP contribution in [0.5, 0.6) is 0 Å². The van der Waals surface area contributed by atoms with E-state index in [0.29, 0.717) is 16.1 Å². The molecular weight excluding hydrogens is 284 g/mol. The van der Waals surface area contributed by atoms with Crippen LogP contribution in [0.15, 0.2) is 11.0 Å². The Kier molecular flexibility index (Phi) is 4.36. The number of nitrogens with zero attached hydrogens (tertiary/aromatic N) is 1. The monoisotopic (exact) mass is 310 g/mol. The lowest BCUT2D eigenvalue weighted by atomic mass is 10.0. The fourth-order valence-electron chi connectivity index (χ4n) is 3.40. The Morgan fingerprint density at radius 1 is 1.10 bits per heavy atom. The van der Waals surface area contributed by atoms with Crippen LogP contribution in [-0.4, -0.2) is 24.8 Å². The topological polar surface area (TPSA) is 63.4 Å². The Labute approximate surface area is 128 Å². The van der Waals surface area contributed by atoms with Crippen molar-refractivity contribution < 1.29 is 8.42 Å². The van der Waals surface area contributed by atoms with E-state index in [1.54, 1.807) is 11.2 Å². The second-order valence-electron chi connectivity index (χ2n) is 6.33. The van der Waals surface area contributed by atoms with Crippen molar-refractivity contribution in [3.05, 3.63) is 22.8 Å². The first-order valence-electron chi connectivity index (χ1n) is 7.57. The lowest BCUT2D eigenvalue weighted by Gasteiger charge is -2.38. The summed E-state index contributed by atoms with van der Waals surface area (Å²) in [4.78, 5) is 0.403. The van der Waals surface area contributed by atoms with Crippen molar-refractivity contribution in [2.45, 2.75) is 70.9 Å². The summed E-state index contributed by atoms with van der Waals surface area (Å²) in [7, 11) is -3.51. The van der Waals surface area contributed by atoms with Gasteiger partial charge in [0, 0.05) is 17.8 Å². The molecule has 0 radical (unpaired) electrons. The third kappa shape index (κ3) is 2.69. The fraction of sp³-hybridized carbons (Fsp3) is 0.625. The van der Waals surface area contributed by atoms with E-state index >= 15 is 0 Å². The van der Waals surface area contributed by atoms with Gasteiger partial charge in [-0.25, -0.2) is 8.42 Å². The van der Waals surface area contributed by atoms with E-state index in [1.807, 2.05) is 33.8 Å². The standard InChI is InChI=1S/C16H26N2O2S/c1-10-9-15(17)14(5)16(13(10)4)21(19,20)18-11(2)7-6-8-12(18)3/h9,11-12H,6-8,17H2,1-5H3/t11-,12+. The van der Waals surface area contributed by atoms with Crippen molar-refractivity contribution in [1.82, 2.24) is 4.31 Å². The van der Waals surface area contributed by atoms with Crippen LogP contribution in [0.3, 0.4) is 0 Å². The van der Waals surface area contributed by atoms with Gasteiger partial charge in [0.2, 0.25) is 10.0 Å². The molecule has 21 heavy (non-hydrogen) atoms. The second-order valence-corrected chi connectivity index (χ2v) is 8.11. The highest BCUT2D eigenvalue weighted by atomic mass is 32.2. The van der Waals surface area contributed by atoms with Crippen LogP contribution in [0.25, 0.3) is 0 Å². The number of hydrogen-bond donors (Lipinski definition) is 1. The maximum absolute atomic E-state index is 13.2. The molecule has 4 nitrogen and oxygen atoms in total. The number of piperidine rings is 1. The molecule has 1 aromatic carbocycles. The first-order valence-corrected chi connectivity index (χ1v) is 9.01. The molecule has 2 atom stereocenters. The predicted molar refractivity (Wildman–Crippen MR) is 86.9 cm³/mol. The van der Waals surface area contributed by atoms with Crippen LogP contribution in [0.4, 0.5) is 5.69 Å². The lowest BCUT2D eigenvalue weighted by molar-refractivity contribution is 0.204. The third-order valence-corrected chi connectivity index (χ3v) is 7.13. The molecule has 0 aromatic heterocycles. The number of sulfonamides is 1. The van der Waals surface area contributed by atoms with Crippen molar-refractivity contribution in [1.29, 1.82) is 0 Å². The maximum atomic E-state index is 13.2. The van der Waals surface area contributed by atoms with Crippen LogP contribution in [0, 0.1) is 20.8 Å². The predicted octanol–water partition coefficient (Wildman–Crippen LogP) is 3.15. The quantitative estimate of drug-likeness (QED) is 0.854. The molecule has 2 rings (SSSR count). The minimum Gasteiger partial charge on any atom is -0.398 e. The minimum absolute atomic E-state index is 0.0410. The van der Waals surface area contributed by atoms with Crippen molar-refractivity contribution >= 4 is 15.7 Å². The molecule has 1 fully saturated rings. The van der Waals surface area contributed by atoms with Gasteiger partial charge >= 0.3 is 0 Å². The molecular formula is C16H26N2O2S. The highest BCUT2D eigenvalue weighted by Crippen LogP contribution is 2.35. The Morgan fingerprint density at radius 2 is 1.62 bits per heavy atom. The van der Waals surface area contributed by atoms with Crippen molar-refractivity contribution in [3.8, 4) is 0 Å². The Bertz CT molecular complexity index is 616. The van der Waals surface area contributed by atoms with Crippen molar-refractivity contribution in [2.75, 3.05) is 5.73 Å². The molecule has 1 heterocycles. The summed E-state index contributed by atoms with van der Waals surface area (Å²) >= 11 is 0. The number of nitrogen functional groups attached to an aromatic ring is 1. The zero-order valence-electron chi connectivity index (χ0n) is 13.6. The first kappa shape index (κ1) is 16.3. The molecule has 2 N–H and O–H groups in total. The van der Waals surface area contributed by atoms with Crippen molar-refractivity contribution in [2.24, 2.45) is 0 Å². The highest BCUT2D eigenvalue weighted by molar-refractivity contribution is 7.89. The molecule has 0 bridgehead atoms. The van der Waals surface area contributed by atoms with Gasteiger partial charge in [-0.15, -0.1) is 0 Å². The zero-order chi connectivity index (χ0) is 15.9. The Hall–Kier alpha value is -1.07. The molecule has 118 valence electrons. The number of benzene rings is 1. The van der Waals surface area contributed by atoms with Crippen LogP contribution in [-0.2, 0) is 10.0 Å². The maximum Gasteiger partial charge on any atom is 0.244 e. The highest BCUT2D eigenvalue weighted by Gasteiger charge is 2.37. The molecule has 1 aliphatic rings. The van der Waals surface area contributed by atoms with Crippen LogP contribution in [0.2, 0.25) is 0 Å². The molecule has 0 spiro atoms. The average molecular weight is 310 g/mol. The van der Waals surface area contributed by atoms with Gasteiger partial charge in [0.1, 0.15) is 0 Å². The summed E-state index contributed by atoms with van der Waals surface area (Å²) < 4.78 is 28.1. The number of aryl methyl sites for hydroxylation is 1. The molecule has 0 amide bonds. The minimum atomic E-state index is -3.51. The van der Waals surface area contributed by atoms with Gasteiger partial charge in [-0.05, 0) is 70.2 Å². The molecule has 1 aliphatic heterocycles. The van der Waals surface area contributed by atoms with Gasteiger partial charge in [-0.3, -0.25) is 0 Å². The van der Waals surface area contributed by atoms with Crippen LogP contribution < -0.4 is 5.73 Å². The summed E-state index contributed by atoms with van der Waals surface area (Å²) in [5, 5.41) is 0. The summed E-state index contributed by atoms with van der Waals surface area (Å²) in [5.74, 6) is 0. The second kappa shape index (κ2) is 5.61. The molecule has 0 unspecified atom stereocenters. The molecule has 0 saturated carbocycles. The lowest BCUT2D eigenvalue weighted by Crippen LogP contribution is -2.47. The SMILES string of the molecule is Cc1cc(N)c(C)c(S(=O)(=O)N2[C@H](C)CCC[C@@H]2C)c1C. The van der Waals surface area contributed by atoms with E-state index in [1.165, 1.54) is 0 Å². The van der Waals surface area contributed by atoms with E-state index in [-0.39, 0.29) is 12.1 Å². The van der Waals surface area contributed by atoms with Gasteiger partial charge in [-0.1, -0.05) is 6.42 Å². The van der Waals surface area contributed by atoms with Gasteiger partial charge in [0.15, 0.2) is 0 Å². The Balaban J connectivity index is 2.64. The largest absolute Gasteiger partial charge is 0.398 e. The summed E-state index contributed by atoms with van der Waals surface area (Å²) in [6.45, 7) is 9.57. The smallest absolute Gasteiger partial charge is 0.244 e. The Morgan fingerprint density at radius 3 is 2.14 bits per heavy atom. The van der Waals surface area contributed by atoms with Gasteiger partial charge < -0.3 is 5.73 Å². The van der Waals surface area contributed by atoms with Crippen molar-refractivity contribution in [3.63, 3.8) is 0 Å². The normalized spacial score (nSPS) is 24.2. The number of nitrogens with two attached hydrogens (primary N) is 1. The first-order chi connectivity index (χ1) is 9.67. The van der Waals surface area contributed by atoms with E-state index in [2.05, 4.69) is 0 Å². The van der Waals surface area contributed by atoms with Gasteiger partial charge in [-0.2, -0.15) is 4.31 Å². The van der Waals surface area contributed by atoms with Gasteiger partial charge in [0.25, 0.3) is 0 Å². The zero-order valence-corrected chi connectivity index (χ0v) is 14.4. The van der Waals surface area contributed by atoms with E-state index in [0.717, 1.165) is 30.4 Å². The number of hydrogen-bond acceptors (Lipinski definition) is 3. The molecule has 0 aliphatic carbocycles. The number of anilines is 1. The molecule has 1 saturated heterocycles. The summed E-state index contributed by atoms with van der Waals surface area (Å²) in [6, 6.07) is 1.94. The van der Waals surface area contributed by atoms with Crippen LogP contribution >= 0.6 is 0 Å². The molecule has 1 aromatic rings. The van der Waals surface area contributed by atoms with E-state index in [9.17, 15) is 8.42 Å². The summed E-state index contributed by atoms with van der Waals surface area (Å²) in [6.07, 6.45) is 2.92. The van der Waals surface area contributed by atoms with E-state index in [4.69, 9.17) is 5.73 Å². The third-order valence-electron chi connectivity index (χ3n) is 4.73. The number of rotatable bonds is 2.